The Hall–Kier alpha value is -3.65. The zero-order valence-electron chi connectivity index (χ0n) is 15.5. The summed E-state index contributed by atoms with van der Waals surface area (Å²) < 4.78 is 28.0. The van der Waals surface area contributed by atoms with Gasteiger partial charge in [-0.25, -0.2) is 8.42 Å². The number of H-pyrrole nitrogens is 1. The Morgan fingerprint density at radius 2 is 1.79 bits per heavy atom. The quantitative estimate of drug-likeness (QED) is 0.467. The number of amides is 1. The third kappa shape index (κ3) is 4.12. The van der Waals surface area contributed by atoms with E-state index >= 15 is 0 Å². The number of aromatic amines is 1. The van der Waals surface area contributed by atoms with Crippen LogP contribution in [-0.2, 0) is 10.0 Å². The minimum Gasteiger partial charge on any atom is -0.322 e. The maximum atomic E-state index is 12.7. The van der Waals surface area contributed by atoms with E-state index in [1.54, 1.807) is 48.7 Å². The molecule has 7 nitrogen and oxygen atoms in total. The molecule has 1 heterocycles. The van der Waals surface area contributed by atoms with Crippen molar-refractivity contribution in [2.45, 2.75) is 11.8 Å². The van der Waals surface area contributed by atoms with Crippen LogP contribution < -0.4 is 10.0 Å². The summed E-state index contributed by atoms with van der Waals surface area (Å²) in [6.45, 7) is 1.88. The second kappa shape index (κ2) is 7.40. The summed E-state index contributed by atoms with van der Waals surface area (Å²) in [6.07, 6.45) is 1.66. The number of aromatic nitrogens is 2. The van der Waals surface area contributed by atoms with Gasteiger partial charge >= 0.3 is 0 Å². The van der Waals surface area contributed by atoms with E-state index in [0.717, 1.165) is 16.5 Å². The fourth-order valence-corrected chi connectivity index (χ4v) is 4.05. The van der Waals surface area contributed by atoms with Gasteiger partial charge in [-0.2, -0.15) is 5.10 Å². The van der Waals surface area contributed by atoms with Crippen molar-refractivity contribution >= 4 is 38.2 Å². The molecule has 1 amide bonds. The molecule has 8 heteroatoms. The van der Waals surface area contributed by atoms with Crippen LogP contribution in [0.4, 0.5) is 11.4 Å². The van der Waals surface area contributed by atoms with E-state index in [1.807, 2.05) is 19.1 Å². The molecule has 0 saturated heterocycles. The van der Waals surface area contributed by atoms with Gasteiger partial charge < -0.3 is 5.32 Å². The van der Waals surface area contributed by atoms with Crippen LogP contribution in [0, 0.1) is 6.92 Å². The van der Waals surface area contributed by atoms with Crippen molar-refractivity contribution in [3.05, 3.63) is 84.1 Å². The average molecular weight is 406 g/mol. The number of fused-ring (bicyclic) bond motifs is 1. The fraction of sp³-hybridized carbons (Fsp3) is 0.0476. The van der Waals surface area contributed by atoms with Gasteiger partial charge in [0.2, 0.25) is 0 Å². The molecule has 0 saturated carbocycles. The SMILES string of the molecule is Cc1cccc(NS(=O)(=O)c2cccc(C(=O)Nc3ccc4[nH]ncc4c3)c2)c1. The molecule has 0 bridgehead atoms. The molecular formula is C21H18N4O3S. The van der Waals surface area contributed by atoms with Crippen molar-refractivity contribution in [1.29, 1.82) is 0 Å². The van der Waals surface area contributed by atoms with Crippen LogP contribution in [0.5, 0.6) is 0 Å². The van der Waals surface area contributed by atoms with Crippen LogP contribution in [0.1, 0.15) is 15.9 Å². The molecule has 1 aromatic heterocycles. The Labute approximate surface area is 167 Å². The minimum atomic E-state index is -3.82. The first-order chi connectivity index (χ1) is 13.9. The highest BCUT2D eigenvalue weighted by atomic mass is 32.2. The maximum absolute atomic E-state index is 12.7. The normalized spacial score (nSPS) is 11.3. The van der Waals surface area contributed by atoms with Crippen molar-refractivity contribution in [3.8, 4) is 0 Å². The van der Waals surface area contributed by atoms with Crippen LogP contribution in [-0.4, -0.2) is 24.5 Å². The van der Waals surface area contributed by atoms with Gasteiger partial charge in [-0.15, -0.1) is 0 Å². The molecule has 4 aromatic rings. The van der Waals surface area contributed by atoms with Crippen LogP contribution in [0.25, 0.3) is 10.9 Å². The number of hydrogen-bond donors (Lipinski definition) is 3. The van der Waals surface area contributed by atoms with E-state index in [2.05, 4.69) is 20.2 Å². The van der Waals surface area contributed by atoms with Gasteiger partial charge in [-0.05, 0) is 61.0 Å². The molecule has 0 aliphatic rings. The number of aryl methyl sites for hydroxylation is 1. The number of nitrogens with one attached hydrogen (secondary N) is 3. The van der Waals surface area contributed by atoms with Gasteiger partial charge in [0, 0.05) is 22.3 Å². The summed E-state index contributed by atoms with van der Waals surface area (Å²) in [5, 5.41) is 10.4. The van der Waals surface area contributed by atoms with E-state index in [-0.39, 0.29) is 10.5 Å². The van der Waals surface area contributed by atoms with E-state index in [1.165, 1.54) is 12.1 Å². The molecule has 0 atom stereocenters. The molecule has 0 aliphatic heterocycles. The predicted octanol–water partition coefficient (Wildman–Crippen LogP) is 3.92. The zero-order valence-corrected chi connectivity index (χ0v) is 16.3. The van der Waals surface area contributed by atoms with Crippen molar-refractivity contribution in [2.75, 3.05) is 10.0 Å². The minimum absolute atomic E-state index is 0.0111. The first-order valence-corrected chi connectivity index (χ1v) is 10.3. The van der Waals surface area contributed by atoms with E-state index < -0.39 is 15.9 Å². The molecule has 0 radical (unpaired) electrons. The lowest BCUT2D eigenvalue weighted by Crippen LogP contribution is -2.16. The molecule has 0 fully saturated rings. The third-order valence-corrected chi connectivity index (χ3v) is 5.75. The van der Waals surface area contributed by atoms with Gasteiger partial charge in [-0.3, -0.25) is 14.6 Å². The van der Waals surface area contributed by atoms with Crippen molar-refractivity contribution in [1.82, 2.24) is 10.2 Å². The Balaban J connectivity index is 1.56. The predicted molar refractivity (Wildman–Crippen MR) is 112 cm³/mol. The zero-order chi connectivity index (χ0) is 20.4. The summed E-state index contributed by atoms with van der Waals surface area (Å²) >= 11 is 0. The smallest absolute Gasteiger partial charge is 0.261 e. The Kier molecular flexibility index (Phi) is 4.77. The summed E-state index contributed by atoms with van der Waals surface area (Å²) in [5.74, 6) is -0.402. The second-order valence-corrected chi connectivity index (χ2v) is 8.31. The lowest BCUT2D eigenvalue weighted by molar-refractivity contribution is 0.102. The summed E-state index contributed by atoms with van der Waals surface area (Å²) in [6, 6.07) is 18.3. The first kappa shape index (κ1) is 18.7. The highest BCUT2D eigenvalue weighted by Crippen LogP contribution is 2.20. The molecule has 3 aromatic carbocycles. The second-order valence-electron chi connectivity index (χ2n) is 6.63. The molecule has 0 aliphatic carbocycles. The maximum Gasteiger partial charge on any atom is 0.261 e. The first-order valence-electron chi connectivity index (χ1n) is 8.85. The van der Waals surface area contributed by atoms with Crippen molar-refractivity contribution < 1.29 is 13.2 Å². The number of hydrogen-bond acceptors (Lipinski definition) is 4. The molecule has 3 N–H and O–H groups in total. The standard InChI is InChI=1S/C21H18N4O3S/c1-14-4-2-6-18(10-14)25-29(27,28)19-7-3-5-15(12-19)21(26)23-17-8-9-20-16(11-17)13-22-24-20/h2-13,25H,1H3,(H,22,24)(H,23,26). The number of benzene rings is 3. The lowest BCUT2D eigenvalue weighted by atomic mass is 10.2. The number of rotatable bonds is 5. The monoisotopic (exact) mass is 406 g/mol. The van der Waals surface area contributed by atoms with Gasteiger partial charge in [0.25, 0.3) is 15.9 Å². The largest absolute Gasteiger partial charge is 0.322 e. The number of carbonyl (C=O) groups excluding carboxylic acids is 1. The van der Waals surface area contributed by atoms with Crippen LogP contribution in [0.2, 0.25) is 0 Å². The molecule has 29 heavy (non-hydrogen) atoms. The molecule has 146 valence electrons. The number of carbonyl (C=O) groups is 1. The van der Waals surface area contributed by atoms with E-state index in [9.17, 15) is 13.2 Å². The molecule has 4 rings (SSSR count). The van der Waals surface area contributed by atoms with Crippen LogP contribution in [0.15, 0.2) is 77.8 Å². The number of anilines is 2. The van der Waals surface area contributed by atoms with Crippen molar-refractivity contribution in [2.24, 2.45) is 0 Å². The Bertz CT molecular complexity index is 1310. The van der Waals surface area contributed by atoms with E-state index in [4.69, 9.17) is 0 Å². The van der Waals surface area contributed by atoms with Gasteiger partial charge in [-0.1, -0.05) is 18.2 Å². The summed E-state index contributed by atoms with van der Waals surface area (Å²) in [7, 11) is -3.82. The van der Waals surface area contributed by atoms with Crippen LogP contribution in [0.3, 0.4) is 0 Å². The Morgan fingerprint density at radius 3 is 2.62 bits per heavy atom. The van der Waals surface area contributed by atoms with Crippen LogP contribution >= 0.6 is 0 Å². The lowest BCUT2D eigenvalue weighted by Gasteiger charge is -2.10. The van der Waals surface area contributed by atoms with Gasteiger partial charge in [0.1, 0.15) is 0 Å². The molecule has 0 unspecified atom stereocenters. The number of sulfonamides is 1. The highest BCUT2D eigenvalue weighted by Gasteiger charge is 2.17. The van der Waals surface area contributed by atoms with Gasteiger partial charge in [0.15, 0.2) is 0 Å². The summed E-state index contributed by atoms with van der Waals surface area (Å²) in [5.41, 5.74) is 3.10. The highest BCUT2D eigenvalue weighted by molar-refractivity contribution is 7.92. The summed E-state index contributed by atoms with van der Waals surface area (Å²) in [4.78, 5) is 12.6. The average Bonchev–Trinajstić information content (AvgIpc) is 3.15. The molecule has 0 spiro atoms. The topological polar surface area (TPSA) is 104 Å². The van der Waals surface area contributed by atoms with Crippen molar-refractivity contribution in [3.63, 3.8) is 0 Å². The Morgan fingerprint density at radius 1 is 0.966 bits per heavy atom. The number of nitrogens with zero attached hydrogens (tertiary/aromatic N) is 1. The fourth-order valence-electron chi connectivity index (χ4n) is 2.95. The van der Waals surface area contributed by atoms with Gasteiger partial charge in [0.05, 0.1) is 16.6 Å². The third-order valence-electron chi connectivity index (χ3n) is 4.37. The molecular weight excluding hydrogens is 388 g/mol. The van der Waals surface area contributed by atoms with E-state index in [0.29, 0.717) is 11.4 Å².